The van der Waals surface area contributed by atoms with Crippen LogP contribution in [0.25, 0.3) is 0 Å². The summed E-state index contributed by atoms with van der Waals surface area (Å²) in [5, 5.41) is 0. The minimum absolute atomic E-state index is 0.0875. The molecule has 0 aliphatic carbocycles. The van der Waals surface area contributed by atoms with Gasteiger partial charge < -0.3 is 10.6 Å². The van der Waals surface area contributed by atoms with Gasteiger partial charge in [-0.05, 0) is 26.7 Å². The maximum absolute atomic E-state index is 11.6. The minimum Gasteiger partial charge on any atom is -0.338 e. The number of hydrogen-bond donors (Lipinski definition) is 1. The Balaban J connectivity index is 2.58. The van der Waals surface area contributed by atoms with Gasteiger partial charge in [0.15, 0.2) is 0 Å². The van der Waals surface area contributed by atoms with Crippen LogP contribution in [-0.2, 0) is 4.79 Å². The first-order chi connectivity index (χ1) is 6.11. The van der Waals surface area contributed by atoms with Crippen molar-refractivity contribution in [3.8, 4) is 0 Å². The lowest BCUT2D eigenvalue weighted by atomic mass is 10.1. The smallest absolute Gasteiger partial charge is 0.222 e. The van der Waals surface area contributed by atoms with Gasteiger partial charge in [-0.15, -0.1) is 0 Å². The van der Waals surface area contributed by atoms with E-state index in [0.717, 1.165) is 12.8 Å². The molecule has 1 aliphatic heterocycles. The van der Waals surface area contributed by atoms with Crippen molar-refractivity contribution >= 4 is 5.91 Å². The highest BCUT2D eigenvalue weighted by atomic mass is 16.2. The first-order valence-electron chi connectivity index (χ1n) is 5.16. The van der Waals surface area contributed by atoms with Crippen LogP contribution in [0.2, 0.25) is 0 Å². The Morgan fingerprint density at radius 1 is 1.62 bits per heavy atom. The average molecular weight is 184 g/mol. The maximum atomic E-state index is 11.6. The molecule has 1 rings (SSSR count). The van der Waals surface area contributed by atoms with Gasteiger partial charge in [-0.2, -0.15) is 0 Å². The Kier molecular flexibility index (Phi) is 3.72. The molecule has 13 heavy (non-hydrogen) atoms. The standard InChI is InChI=1S/C10H20N2O/c1-8(11)7-12-9(2)5-3-4-6-10(12)13/h8-9H,3-7,11H2,1-2H3. The Hall–Kier alpha value is -0.570. The van der Waals surface area contributed by atoms with Crippen LogP contribution >= 0.6 is 0 Å². The first-order valence-corrected chi connectivity index (χ1v) is 5.16. The summed E-state index contributed by atoms with van der Waals surface area (Å²) in [5.74, 6) is 0.280. The van der Waals surface area contributed by atoms with E-state index in [9.17, 15) is 4.79 Å². The molecule has 0 spiro atoms. The second-order valence-corrected chi connectivity index (χ2v) is 4.12. The number of amides is 1. The van der Waals surface area contributed by atoms with E-state index in [1.807, 2.05) is 11.8 Å². The fourth-order valence-corrected chi connectivity index (χ4v) is 1.85. The Morgan fingerprint density at radius 2 is 2.31 bits per heavy atom. The highest BCUT2D eigenvalue weighted by Gasteiger charge is 2.23. The molecule has 0 aromatic heterocycles. The lowest BCUT2D eigenvalue weighted by Gasteiger charge is -2.28. The molecule has 2 unspecified atom stereocenters. The summed E-state index contributed by atoms with van der Waals surface area (Å²) in [6, 6.07) is 0.463. The Labute approximate surface area is 80.3 Å². The van der Waals surface area contributed by atoms with Crippen molar-refractivity contribution in [3.63, 3.8) is 0 Å². The average Bonchev–Trinajstić information content (AvgIpc) is 2.18. The molecule has 1 saturated heterocycles. The zero-order chi connectivity index (χ0) is 9.84. The van der Waals surface area contributed by atoms with Crippen molar-refractivity contribution in [1.29, 1.82) is 0 Å². The molecule has 1 aliphatic rings. The summed E-state index contributed by atoms with van der Waals surface area (Å²) in [6.07, 6.45) is 4.04. The van der Waals surface area contributed by atoms with Gasteiger partial charge in [-0.25, -0.2) is 0 Å². The molecule has 0 bridgehead atoms. The topological polar surface area (TPSA) is 46.3 Å². The highest BCUT2D eigenvalue weighted by molar-refractivity contribution is 5.76. The van der Waals surface area contributed by atoms with Crippen LogP contribution in [0, 0.1) is 0 Å². The molecule has 0 aromatic carbocycles. The first kappa shape index (κ1) is 10.5. The van der Waals surface area contributed by atoms with E-state index in [0.29, 0.717) is 19.0 Å². The van der Waals surface area contributed by atoms with Crippen molar-refractivity contribution in [2.75, 3.05) is 6.54 Å². The van der Waals surface area contributed by atoms with Gasteiger partial charge in [0.25, 0.3) is 0 Å². The molecule has 1 heterocycles. The van der Waals surface area contributed by atoms with E-state index >= 15 is 0 Å². The van der Waals surface area contributed by atoms with Crippen molar-refractivity contribution in [3.05, 3.63) is 0 Å². The quantitative estimate of drug-likeness (QED) is 0.699. The molecule has 1 amide bonds. The summed E-state index contributed by atoms with van der Waals surface area (Å²) < 4.78 is 0. The predicted octanol–water partition coefficient (Wildman–Crippen LogP) is 1.12. The third-order valence-electron chi connectivity index (χ3n) is 2.60. The highest BCUT2D eigenvalue weighted by Crippen LogP contribution is 2.17. The molecule has 0 radical (unpaired) electrons. The van der Waals surface area contributed by atoms with Crippen LogP contribution in [0.3, 0.4) is 0 Å². The van der Waals surface area contributed by atoms with Crippen LogP contribution in [-0.4, -0.2) is 29.4 Å². The number of carbonyl (C=O) groups is 1. The fourth-order valence-electron chi connectivity index (χ4n) is 1.85. The molecule has 76 valence electrons. The lowest BCUT2D eigenvalue weighted by Crippen LogP contribution is -2.43. The SMILES string of the molecule is CC(N)CN1C(=O)CCCCC1C. The van der Waals surface area contributed by atoms with Crippen molar-refractivity contribution in [2.45, 2.75) is 51.6 Å². The van der Waals surface area contributed by atoms with Gasteiger partial charge in [-0.1, -0.05) is 6.42 Å². The van der Waals surface area contributed by atoms with Crippen LogP contribution in [0.1, 0.15) is 39.5 Å². The molecule has 0 aromatic rings. The zero-order valence-electron chi connectivity index (χ0n) is 8.62. The van der Waals surface area contributed by atoms with E-state index in [4.69, 9.17) is 5.73 Å². The van der Waals surface area contributed by atoms with E-state index in [1.54, 1.807) is 0 Å². The summed E-state index contributed by atoms with van der Waals surface area (Å²) in [5.41, 5.74) is 5.70. The minimum atomic E-state index is 0.0875. The molecule has 2 N–H and O–H groups in total. The van der Waals surface area contributed by atoms with Gasteiger partial charge in [0, 0.05) is 25.0 Å². The molecule has 1 fully saturated rings. The summed E-state index contributed by atoms with van der Waals surface area (Å²) >= 11 is 0. The molecule has 3 nitrogen and oxygen atoms in total. The van der Waals surface area contributed by atoms with Crippen molar-refractivity contribution in [1.82, 2.24) is 4.90 Å². The molecular weight excluding hydrogens is 164 g/mol. The largest absolute Gasteiger partial charge is 0.338 e. The third-order valence-corrected chi connectivity index (χ3v) is 2.60. The Bertz CT molecular complexity index is 180. The normalized spacial score (nSPS) is 27.2. The van der Waals surface area contributed by atoms with Gasteiger partial charge in [-0.3, -0.25) is 4.79 Å². The monoisotopic (exact) mass is 184 g/mol. The maximum Gasteiger partial charge on any atom is 0.222 e. The lowest BCUT2D eigenvalue weighted by molar-refractivity contribution is -0.132. The van der Waals surface area contributed by atoms with Gasteiger partial charge in [0.05, 0.1) is 0 Å². The fraction of sp³-hybridized carbons (Fsp3) is 0.900. The molecule has 2 atom stereocenters. The number of likely N-dealkylation sites (tertiary alicyclic amines) is 1. The van der Waals surface area contributed by atoms with Gasteiger partial charge in [0.2, 0.25) is 5.91 Å². The summed E-state index contributed by atoms with van der Waals surface area (Å²) in [6.45, 7) is 4.77. The number of nitrogens with zero attached hydrogens (tertiary/aromatic N) is 1. The van der Waals surface area contributed by atoms with E-state index in [1.165, 1.54) is 6.42 Å². The second-order valence-electron chi connectivity index (χ2n) is 4.12. The summed E-state index contributed by atoms with van der Waals surface area (Å²) in [7, 11) is 0. The number of rotatable bonds is 2. The third kappa shape index (κ3) is 2.99. The molecular formula is C10H20N2O. The number of carbonyl (C=O) groups excluding carboxylic acids is 1. The number of hydrogen-bond acceptors (Lipinski definition) is 2. The van der Waals surface area contributed by atoms with Crippen LogP contribution in [0.5, 0.6) is 0 Å². The molecule has 0 saturated carbocycles. The predicted molar refractivity (Wildman–Crippen MR) is 53.3 cm³/mol. The van der Waals surface area contributed by atoms with E-state index in [-0.39, 0.29) is 11.9 Å². The van der Waals surface area contributed by atoms with Gasteiger partial charge in [0.1, 0.15) is 0 Å². The van der Waals surface area contributed by atoms with Crippen LogP contribution < -0.4 is 5.73 Å². The van der Waals surface area contributed by atoms with E-state index < -0.39 is 0 Å². The van der Waals surface area contributed by atoms with Crippen LogP contribution in [0.15, 0.2) is 0 Å². The zero-order valence-corrected chi connectivity index (χ0v) is 8.62. The molecule has 3 heteroatoms. The Morgan fingerprint density at radius 3 is 2.92 bits per heavy atom. The van der Waals surface area contributed by atoms with Crippen LogP contribution in [0.4, 0.5) is 0 Å². The second kappa shape index (κ2) is 4.61. The van der Waals surface area contributed by atoms with E-state index in [2.05, 4.69) is 6.92 Å². The van der Waals surface area contributed by atoms with Crippen molar-refractivity contribution < 1.29 is 4.79 Å². The van der Waals surface area contributed by atoms with Crippen molar-refractivity contribution in [2.24, 2.45) is 5.73 Å². The summed E-state index contributed by atoms with van der Waals surface area (Å²) in [4.78, 5) is 13.6. The van der Waals surface area contributed by atoms with Gasteiger partial charge >= 0.3 is 0 Å². The number of nitrogens with two attached hydrogens (primary N) is 1.